The lowest BCUT2D eigenvalue weighted by Gasteiger charge is -2.37. The molecule has 5 aromatic carbocycles. The Morgan fingerprint density at radius 1 is 0.887 bits per heavy atom. The van der Waals surface area contributed by atoms with Gasteiger partial charge in [-0.3, -0.25) is 14.7 Å². The Hall–Kier alpha value is -5.74. The molecule has 0 bridgehead atoms. The molecule has 0 saturated heterocycles. The molecule has 1 aromatic heterocycles. The molecule has 318 valence electrons. The number of halogens is 3. The minimum absolute atomic E-state index is 0.206. The quantitative estimate of drug-likeness (QED) is 0.123. The summed E-state index contributed by atoms with van der Waals surface area (Å²) in [5, 5.41) is 4.02. The fourth-order valence-electron chi connectivity index (χ4n) is 8.49. The highest BCUT2D eigenvalue weighted by Gasteiger charge is 2.36. The Morgan fingerprint density at radius 2 is 1.66 bits per heavy atom. The van der Waals surface area contributed by atoms with E-state index in [4.69, 9.17) is 37.4 Å². The number of nitrogens with zero attached hydrogens (tertiary/aromatic N) is 2. The molecule has 3 heterocycles. The van der Waals surface area contributed by atoms with Crippen LogP contribution in [0.15, 0.2) is 115 Å². The van der Waals surface area contributed by atoms with E-state index in [2.05, 4.69) is 34.6 Å². The van der Waals surface area contributed by atoms with Crippen molar-refractivity contribution in [3.05, 3.63) is 181 Å². The Labute approximate surface area is 372 Å². The summed E-state index contributed by atoms with van der Waals surface area (Å²) >= 11 is 12.3. The van der Waals surface area contributed by atoms with Crippen molar-refractivity contribution < 1.29 is 28.2 Å². The van der Waals surface area contributed by atoms with Crippen LogP contribution in [0.5, 0.6) is 11.5 Å². The second-order valence-corrected chi connectivity index (χ2v) is 17.0. The molecule has 2 aliphatic rings. The maximum absolute atomic E-state index is 15.2. The summed E-state index contributed by atoms with van der Waals surface area (Å²) in [6, 6.07) is 32.9. The van der Waals surface area contributed by atoms with Crippen LogP contribution in [0.4, 0.5) is 4.39 Å². The molecule has 0 aliphatic carbocycles. The summed E-state index contributed by atoms with van der Waals surface area (Å²) in [5.41, 5.74) is 10.8. The number of hydrogen-bond acceptors (Lipinski definition) is 7. The fourth-order valence-corrected chi connectivity index (χ4v) is 8.81. The SMILES string of the molecule is COC(=O)[C@H](Cc1ccc(-c2ccnc(C)c2C)cc1)NC(=O)[C@@H]1Cc2cc3c(cc2CN1Cc1ccccc1F)CC(c1ccc(OCc2ccc(Cl)c(Cl)c2)cc1)CCO3. The predicted molar refractivity (Wildman–Crippen MR) is 240 cm³/mol. The van der Waals surface area contributed by atoms with Gasteiger partial charge in [-0.1, -0.05) is 89.9 Å². The standard InChI is InChI=1S/C51H48Cl2FN3O5/c1-31-32(2)55-20-18-43(31)36-11-8-33(9-12-36)23-47(51(59)60-3)56-50(58)48-26-39-27-49-40(25-41(39)29-57(48)28-38-6-4-5-7-46(38)54)24-37(19-21-61-49)35-13-15-42(16-14-35)62-30-34-10-17-44(52)45(53)22-34/h4-18,20,22,25,27,37,47-48H,19,21,23-24,26,28-30H2,1-3H3,(H,56,58)/t37?,47-,48-/m0/s1. The molecule has 11 heteroatoms. The van der Waals surface area contributed by atoms with E-state index < -0.39 is 18.1 Å². The molecule has 1 amide bonds. The number of nitrogens with one attached hydrogen (secondary N) is 1. The number of hydrogen-bond donors (Lipinski definition) is 1. The number of ether oxygens (including phenoxy) is 3. The number of aromatic nitrogens is 1. The van der Waals surface area contributed by atoms with E-state index in [0.29, 0.717) is 41.8 Å². The van der Waals surface area contributed by atoms with Crippen LogP contribution in [0.2, 0.25) is 10.0 Å². The van der Waals surface area contributed by atoms with Gasteiger partial charge in [0.05, 0.1) is 29.8 Å². The molecule has 62 heavy (non-hydrogen) atoms. The van der Waals surface area contributed by atoms with E-state index in [1.807, 2.05) is 73.3 Å². The Bertz CT molecular complexity index is 2590. The van der Waals surface area contributed by atoms with Gasteiger partial charge in [-0.15, -0.1) is 0 Å². The van der Waals surface area contributed by atoms with Crippen molar-refractivity contribution >= 4 is 35.1 Å². The lowest BCUT2D eigenvalue weighted by Crippen LogP contribution is -2.54. The minimum atomic E-state index is -0.935. The average Bonchev–Trinajstić information content (AvgIpc) is 3.49. The minimum Gasteiger partial charge on any atom is -0.493 e. The first-order valence-electron chi connectivity index (χ1n) is 20.8. The summed E-state index contributed by atoms with van der Waals surface area (Å²) in [4.78, 5) is 34.0. The van der Waals surface area contributed by atoms with Gasteiger partial charge in [0, 0.05) is 37.0 Å². The van der Waals surface area contributed by atoms with Gasteiger partial charge in [0.25, 0.3) is 0 Å². The number of pyridine rings is 1. The molecule has 6 aromatic rings. The Kier molecular flexibility index (Phi) is 13.2. The van der Waals surface area contributed by atoms with Gasteiger partial charge in [0.2, 0.25) is 5.91 Å². The van der Waals surface area contributed by atoms with Crippen LogP contribution in [0.3, 0.4) is 0 Å². The first-order valence-corrected chi connectivity index (χ1v) is 21.6. The number of aryl methyl sites for hydroxylation is 1. The van der Waals surface area contributed by atoms with Crippen molar-refractivity contribution in [3.8, 4) is 22.6 Å². The molecule has 8 rings (SSSR count). The first kappa shape index (κ1) is 42.9. The topological polar surface area (TPSA) is 90.0 Å². The molecular formula is C51H48Cl2FN3O5. The van der Waals surface area contributed by atoms with Crippen LogP contribution in [0.25, 0.3) is 11.1 Å². The van der Waals surface area contributed by atoms with E-state index in [9.17, 15) is 9.59 Å². The molecular weight excluding hydrogens is 824 g/mol. The maximum atomic E-state index is 15.2. The highest BCUT2D eigenvalue weighted by atomic mass is 35.5. The fraction of sp³-hybridized carbons (Fsp3) is 0.275. The highest BCUT2D eigenvalue weighted by molar-refractivity contribution is 6.42. The van der Waals surface area contributed by atoms with E-state index in [-0.39, 0.29) is 30.6 Å². The monoisotopic (exact) mass is 871 g/mol. The van der Waals surface area contributed by atoms with Gasteiger partial charge in [0.1, 0.15) is 30.0 Å². The van der Waals surface area contributed by atoms with E-state index in [1.54, 1.807) is 30.5 Å². The second kappa shape index (κ2) is 19.1. The van der Waals surface area contributed by atoms with Gasteiger partial charge in [-0.2, -0.15) is 0 Å². The molecule has 0 radical (unpaired) electrons. The van der Waals surface area contributed by atoms with Crippen LogP contribution in [-0.4, -0.2) is 47.6 Å². The zero-order chi connectivity index (χ0) is 43.3. The average molecular weight is 873 g/mol. The van der Waals surface area contributed by atoms with Crippen molar-refractivity contribution in [1.29, 1.82) is 0 Å². The lowest BCUT2D eigenvalue weighted by atomic mass is 9.86. The highest BCUT2D eigenvalue weighted by Crippen LogP contribution is 2.38. The third-order valence-electron chi connectivity index (χ3n) is 12.1. The summed E-state index contributed by atoms with van der Waals surface area (Å²) in [6.45, 7) is 5.56. The molecule has 1 N–H and O–H groups in total. The van der Waals surface area contributed by atoms with Crippen molar-refractivity contribution in [2.24, 2.45) is 0 Å². The number of methoxy groups -OCH3 is 1. The molecule has 8 nitrogen and oxygen atoms in total. The molecule has 0 fully saturated rings. The first-order chi connectivity index (χ1) is 30.0. The number of esters is 1. The number of fused-ring (bicyclic) bond motifs is 2. The smallest absolute Gasteiger partial charge is 0.328 e. The summed E-state index contributed by atoms with van der Waals surface area (Å²) < 4.78 is 32.8. The number of carbonyl (C=O) groups excluding carboxylic acids is 2. The largest absolute Gasteiger partial charge is 0.493 e. The van der Waals surface area contributed by atoms with Crippen LogP contribution in [0.1, 0.15) is 62.5 Å². The molecule has 3 atom stereocenters. The number of benzene rings is 5. The van der Waals surface area contributed by atoms with E-state index in [0.717, 1.165) is 74.5 Å². The predicted octanol–water partition coefficient (Wildman–Crippen LogP) is 10.3. The van der Waals surface area contributed by atoms with Crippen LogP contribution in [0, 0.1) is 19.7 Å². The third kappa shape index (κ3) is 9.81. The van der Waals surface area contributed by atoms with E-state index >= 15 is 4.39 Å². The van der Waals surface area contributed by atoms with Gasteiger partial charge in [0.15, 0.2) is 0 Å². The van der Waals surface area contributed by atoms with Crippen molar-refractivity contribution in [2.75, 3.05) is 13.7 Å². The third-order valence-corrected chi connectivity index (χ3v) is 12.9. The Balaban J connectivity index is 0.997. The van der Waals surface area contributed by atoms with E-state index in [1.165, 1.54) is 18.7 Å². The van der Waals surface area contributed by atoms with Gasteiger partial charge in [-0.25, -0.2) is 9.18 Å². The van der Waals surface area contributed by atoms with Crippen LogP contribution >= 0.6 is 23.2 Å². The van der Waals surface area contributed by atoms with Gasteiger partial charge >= 0.3 is 5.97 Å². The summed E-state index contributed by atoms with van der Waals surface area (Å²) in [6.07, 6.45) is 3.99. The summed E-state index contributed by atoms with van der Waals surface area (Å²) in [5.74, 6) is 0.564. The second-order valence-electron chi connectivity index (χ2n) is 16.1. The zero-order valence-corrected chi connectivity index (χ0v) is 36.4. The number of carbonyl (C=O) groups is 2. The molecule has 0 spiro atoms. The van der Waals surface area contributed by atoms with Gasteiger partial charge in [-0.05, 0) is 132 Å². The Morgan fingerprint density at radius 3 is 2.42 bits per heavy atom. The van der Waals surface area contributed by atoms with Gasteiger partial charge < -0.3 is 19.5 Å². The maximum Gasteiger partial charge on any atom is 0.328 e. The number of amides is 1. The van der Waals surface area contributed by atoms with Crippen molar-refractivity contribution in [1.82, 2.24) is 15.2 Å². The molecule has 2 aliphatic heterocycles. The van der Waals surface area contributed by atoms with Crippen LogP contribution < -0.4 is 14.8 Å². The van der Waals surface area contributed by atoms with Crippen LogP contribution in [-0.2, 0) is 53.3 Å². The molecule has 0 saturated carbocycles. The van der Waals surface area contributed by atoms with Crippen molar-refractivity contribution in [3.63, 3.8) is 0 Å². The summed E-state index contributed by atoms with van der Waals surface area (Å²) in [7, 11) is 1.32. The normalized spacial score (nSPS) is 16.5. The van der Waals surface area contributed by atoms with Crippen molar-refractivity contribution in [2.45, 2.75) is 77.2 Å². The molecule has 1 unspecified atom stereocenters. The lowest BCUT2D eigenvalue weighted by molar-refractivity contribution is -0.146. The number of rotatable bonds is 12. The zero-order valence-electron chi connectivity index (χ0n) is 34.9.